The van der Waals surface area contributed by atoms with Crippen LogP contribution in [-0.4, -0.2) is 19.0 Å². The fourth-order valence-corrected chi connectivity index (χ4v) is 6.24. The summed E-state index contributed by atoms with van der Waals surface area (Å²) in [5.74, 6) is 0. The van der Waals surface area contributed by atoms with Gasteiger partial charge in [0, 0.05) is 34.6 Å². The Labute approximate surface area is 146 Å². The molecule has 4 rings (SSSR count). The average Bonchev–Trinajstić information content (AvgIpc) is 3.11. The van der Waals surface area contributed by atoms with E-state index in [0.29, 0.717) is 4.21 Å². The molecule has 1 aromatic carbocycles. The van der Waals surface area contributed by atoms with Gasteiger partial charge in [0.2, 0.25) is 10.0 Å². The quantitative estimate of drug-likeness (QED) is 0.778. The SMILES string of the molecule is Cc1ccc(S(=O)(=O)NC2CCc3c(c4ccccc4n3C)C2)s1. The first-order valence-electron chi connectivity index (χ1n) is 8.09. The van der Waals surface area contributed by atoms with E-state index in [0.717, 1.165) is 24.1 Å². The highest BCUT2D eigenvalue weighted by Crippen LogP contribution is 2.32. The monoisotopic (exact) mass is 360 g/mol. The molecule has 2 aromatic heterocycles. The molecule has 0 saturated carbocycles. The highest BCUT2D eigenvalue weighted by Gasteiger charge is 2.28. The van der Waals surface area contributed by atoms with Crippen molar-refractivity contribution in [2.24, 2.45) is 7.05 Å². The molecule has 0 spiro atoms. The molecule has 1 unspecified atom stereocenters. The minimum atomic E-state index is -3.43. The number of aryl methyl sites for hydroxylation is 2. The van der Waals surface area contributed by atoms with Gasteiger partial charge >= 0.3 is 0 Å². The summed E-state index contributed by atoms with van der Waals surface area (Å²) in [4.78, 5) is 1.01. The number of hydrogen-bond acceptors (Lipinski definition) is 3. The predicted molar refractivity (Wildman–Crippen MR) is 98.1 cm³/mol. The van der Waals surface area contributed by atoms with Crippen LogP contribution in [0.25, 0.3) is 10.9 Å². The summed E-state index contributed by atoms with van der Waals surface area (Å²) in [6.07, 6.45) is 2.48. The molecule has 1 aliphatic rings. The largest absolute Gasteiger partial charge is 0.347 e. The number of sulfonamides is 1. The van der Waals surface area contributed by atoms with Gasteiger partial charge < -0.3 is 4.57 Å². The van der Waals surface area contributed by atoms with Crippen LogP contribution >= 0.6 is 11.3 Å². The predicted octanol–water partition coefficient (Wildman–Crippen LogP) is 3.38. The molecule has 3 aromatic rings. The van der Waals surface area contributed by atoms with Crippen molar-refractivity contribution in [3.8, 4) is 0 Å². The molecule has 4 nitrogen and oxygen atoms in total. The van der Waals surface area contributed by atoms with Crippen LogP contribution in [0, 0.1) is 6.92 Å². The fraction of sp³-hybridized carbons (Fsp3) is 0.333. The Balaban J connectivity index is 1.64. The summed E-state index contributed by atoms with van der Waals surface area (Å²) in [6, 6.07) is 11.8. The van der Waals surface area contributed by atoms with E-state index in [1.54, 1.807) is 6.07 Å². The van der Waals surface area contributed by atoms with E-state index < -0.39 is 10.0 Å². The standard InChI is InChI=1S/C18H20N2O2S2/c1-12-7-10-18(23-12)24(21,22)19-13-8-9-17-15(11-13)14-5-3-4-6-16(14)20(17)2/h3-7,10,13,19H,8-9,11H2,1-2H3. The third-order valence-electron chi connectivity index (χ3n) is 4.83. The third-order valence-corrected chi connectivity index (χ3v) is 7.84. The smallest absolute Gasteiger partial charge is 0.250 e. The lowest BCUT2D eigenvalue weighted by molar-refractivity contribution is 0.502. The van der Waals surface area contributed by atoms with Crippen molar-refractivity contribution in [3.05, 3.63) is 52.5 Å². The van der Waals surface area contributed by atoms with Gasteiger partial charge in [0.1, 0.15) is 4.21 Å². The van der Waals surface area contributed by atoms with E-state index in [-0.39, 0.29) is 6.04 Å². The molecule has 1 N–H and O–H groups in total. The Bertz CT molecular complexity index is 1010. The zero-order chi connectivity index (χ0) is 16.9. The van der Waals surface area contributed by atoms with Crippen molar-refractivity contribution in [2.75, 3.05) is 0 Å². The summed E-state index contributed by atoms with van der Waals surface area (Å²) >= 11 is 1.32. The lowest BCUT2D eigenvalue weighted by atomic mass is 9.92. The number of benzene rings is 1. The van der Waals surface area contributed by atoms with Crippen LogP contribution in [0.15, 0.2) is 40.6 Å². The Morgan fingerprint density at radius 2 is 2.00 bits per heavy atom. The molecule has 0 radical (unpaired) electrons. The van der Waals surface area contributed by atoms with Gasteiger partial charge in [0.25, 0.3) is 0 Å². The van der Waals surface area contributed by atoms with E-state index in [1.165, 1.54) is 33.5 Å². The van der Waals surface area contributed by atoms with Gasteiger partial charge in [-0.25, -0.2) is 13.1 Å². The van der Waals surface area contributed by atoms with Gasteiger partial charge in [0.05, 0.1) is 0 Å². The molecule has 0 bridgehead atoms. The minimum absolute atomic E-state index is 0.0456. The summed E-state index contributed by atoms with van der Waals surface area (Å²) in [5.41, 5.74) is 3.84. The van der Waals surface area contributed by atoms with Gasteiger partial charge in [-0.05, 0) is 49.9 Å². The normalized spacial score (nSPS) is 18.0. The van der Waals surface area contributed by atoms with Crippen LogP contribution in [0.1, 0.15) is 22.6 Å². The Morgan fingerprint density at radius 1 is 1.21 bits per heavy atom. The first kappa shape index (κ1) is 15.9. The maximum Gasteiger partial charge on any atom is 0.250 e. The first-order chi connectivity index (χ1) is 11.5. The molecule has 1 atom stereocenters. The number of hydrogen-bond donors (Lipinski definition) is 1. The maximum atomic E-state index is 12.6. The molecule has 0 aliphatic heterocycles. The van der Waals surface area contributed by atoms with Gasteiger partial charge in [0.15, 0.2) is 0 Å². The summed E-state index contributed by atoms with van der Waals surface area (Å²) in [5, 5.41) is 1.24. The van der Waals surface area contributed by atoms with Crippen LogP contribution in [0.4, 0.5) is 0 Å². The molecular weight excluding hydrogens is 340 g/mol. The maximum absolute atomic E-state index is 12.6. The van der Waals surface area contributed by atoms with Crippen molar-refractivity contribution in [1.82, 2.24) is 9.29 Å². The second-order valence-corrected chi connectivity index (χ2v) is 9.66. The van der Waals surface area contributed by atoms with E-state index in [4.69, 9.17) is 0 Å². The second-order valence-electron chi connectivity index (χ2n) is 6.43. The lowest BCUT2D eigenvalue weighted by Gasteiger charge is -2.24. The molecule has 2 heterocycles. The highest BCUT2D eigenvalue weighted by molar-refractivity contribution is 7.91. The lowest BCUT2D eigenvalue weighted by Crippen LogP contribution is -2.38. The van der Waals surface area contributed by atoms with E-state index >= 15 is 0 Å². The molecule has 6 heteroatoms. The molecule has 0 fully saturated rings. The molecule has 1 aliphatic carbocycles. The van der Waals surface area contributed by atoms with Gasteiger partial charge in [-0.3, -0.25) is 0 Å². The van der Waals surface area contributed by atoms with Crippen LogP contribution in [0.2, 0.25) is 0 Å². The van der Waals surface area contributed by atoms with E-state index in [2.05, 4.69) is 28.5 Å². The summed E-state index contributed by atoms with van der Waals surface area (Å²) in [6.45, 7) is 1.92. The Kier molecular flexibility index (Phi) is 3.78. The van der Waals surface area contributed by atoms with Crippen LogP contribution in [0.3, 0.4) is 0 Å². The first-order valence-corrected chi connectivity index (χ1v) is 10.4. The van der Waals surface area contributed by atoms with Gasteiger partial charge in [-0.15, -0.1) is 11.3 Å². The number of aromatic nitrogens is 1. The Morgan fingerprint density at radius 3 is 2.75 bits per heavy atom. The molecule has 0 saturated heterocycles. The highest BCUT2D eigenvalue weighted by atomic mass is 32.2. The number of rotatable bonds is 3. The van der Waals surface area contributed by atoms with Crippen molar-refractivity contribution < 1.29 is 8.42 Å². The van der Waals surface area contributed by atoms with Crippen LogP contribution < -0.4 is 4.72 Å². The average molecular weight is 361 g/mol. The zero-order valence-electron chi connectivity index (χ0n) is 13.7. The summed E-state index contributed by atoms with van der Waals surface area (Å²) in [7, 11) is -1.33. The van der Waals surface area contributed by atoms with Crippen molar-refractivity contribution >= 4 is 32.3 Å². The molecule has 126 valence electrons. The van der Waals surface area contributed by atoms with Crippen LogP contribution in [-0.2, 0) is 29.9 Å². The number of nitrogens with one attached hydrogen (secondary N) is 1. The van der Waals surface area contributed by atoms with Crippen LogP contribution in [0.5, 0.6) is 0 Å². The van der Waals surface area contributed by atoms with Gasteiger partial charge in [-0.2, -0.15) is 0 Å². The molecule has 0 amide bonds. The summed E-state index contributed by atoms with van der Waals surface area (Å²) < 4.78 is 30.7. The number of thiophene rings is 1. The van der Waals surface area contributed by atoms with Crippen molar-refractivity contribution in [2.45, 2.75) is 36.4 Å². The number of fused-ring (bicyclic) bond motifs is 3. The minimum Gasteiger partial charge on any atom is -0.347 e. The molecule has 24 heavy (non-hydrogen) atoms. The topological polar surface area (TPSA) is 51.1 Å². The van der Waals surface area contributed by atoms with E-state index in [9.17, 15) is 8.42 Å². The Hall–Kier alpha value is -1.63. The van der Waals surface area contributed by atoms with Crippen molar-refractivity contribution in [3.63, 3.8) is 0 Å². The zero-order valence-corrected chi connectivity index (χ0v) is 15.4. The van der Waals surface area contributed by atoms with E-state index in [1.807, 2.05) is 25.1 Å². The number of nitrogens with zero attached hydrogens (tertiary/aromatic N) is 1. The second kappa shape index (κ2) is 5.72. The van der Waals surface area contributed by atoms with Crippen molar-refractivity contribution in [1.29, 1.82) is 0 Å². The number of para-hydroxylation sites is 1. The third kappa shape index (κ3) is 2.59. The fourth-order valence-electron chi connectivity index (χ4n) is 3.66. The van der Waals surface area contributed by atoms with Gasteiger partial charge in [-0.1, -0.05) is 18.2 Å². The molecular formula is C18H20N2O2S2.